The third-order valence-corrected chi connectivity index (χ3v) is 4.84. The van der Waals surface area contributed by atoms with E-state index in [1.54, 1.807) is 47.6 Å². The van der Waals surface area contributed by atoms with Gasteiger partial charge in [-0.15, -0.1) is 11.8 Å². The minimum atomic E-state index is -0.489. The topological polar surface area (TPSA) is 75.7 Å². The van der Waals surface area contributed by atoms with Crippen LogP contribution in [0.2, 0.25) is 0 Å². The lowest BCUT2D eigenvalue weighted by Gasteiger charge is -2.26. The summed E-state index contributed by atoms with van der Waals surface area (Å²) < 4.78 is 10.3. The maximum absolute atomic E-state index is 12.4. The summed E-state index contributed by atoms with van der Waals surface area (Å²) in [6.07, 6.45) is 4.74. The Labute approximate surface area is 131 Å². The molecule has 3 heterocycles. The van der Waals surface area contributed by atoms with Crippen molar-refractivity contribution in [2.24, 2.45) is 0 Å². The highest BCUT2D eigenvalue weighted by molar-refractivity contribution is 7.99. The molecule has 1 N–H and O–H groups in total. The van der Waals surface area contributed by atoms with Gasteiger partial charge in [-0.2, -0.15) is 0 Å². The van der Waals surface area contributed by atoms with Crippen LogP contribution in [-0.4, -0.2) is 28.5 Å². The van der Waals surface area contributed by atoms with Gasteiger partial charge in [0.15, 0.2) is 0 Å². The van der Waals surface area contributed by atoms with Crippen LogP contribution >= 0.6 is 11.8 Å². The normalized spacial score (nSPS) is 21.0. The lowest BCUT2D eigenvalue weighted by molar-refractivity contribution is -0.138. The Morgan fingerprint density at radius 1 is 1.41 bits per heavy atom. The van der Waals surface area contributed by atoms with E-state index >= 15 is 0 Å². The van der Waals surface area contributed by atoms with E-state index in [1.807, 2.05) is 6.07 Å². The summed E-state index contributed by atoms with van der Waals surface area (Å²) in [7, 11) is 0. The quantitative estimate of drug-likeness (QED) is 0.934. The number of furan rings is 2. The average Bonchev–Trinajstić information content (AvgIpc) is 3.23. The number of rotatable bonds is 4. The molecule has 6 nitrogen and oxygen atoms in total. The first-order chi connectivity index (χ1) is 10.7. The molecule has 22 heavy (non-hydrogen) atoms. The fourth-order valence-corrected chi connectivity index (χ4v) is 3.93. The minimum absolute atomic E-state index is 0.130. The van der Waals surface area contributed by atoms with Gasteiger partial charge >= 0.3 is 0 Å². The highest BCUT2D eigenvalue weighted by Crippen LogP contribution is 2.41. The molecule has 3 rings (SSSR count). The number of nitrogens with zero attached hydrogens (tertiary/aromatic N) is 1. The van der Waals surface area contributed by atoms with Gasteiger partial charge in [-0.25, -0.2) is 0 Å². The molecule has 1 aliphatic rings. The molecule has 2 unspecified atom stereocenters. The SMILES string of the molecule is CC(=O)N1C(C(=O)NCc2ccco2)CSC1c1ccoc1. The van der Waals surface area contributed by atoms with Gasteiger partial charge in [-0.3, -0.25) is 9.59 Å². The predicted octanol–water partition coefficient (Wildman–Crippen LogP) is 2.15. The molecule has 0 aromatic carbocycles. The van der Waals surface area contributed by atoms with Crippen LogP contribution < -0.4 is 5.32 Å². The molecule has 7 heteroatoms. The first kappa shape index (κ1) is 14.8. The molecule has 0 radical (unpaired) electrons. The fraction of sp³-hybridized carbons (Fsp3) is 0.333. The third kappa shape index (κ3) is 2.89. The van der Waals surface area contributed by atoms with Crippen molar-refractivity contribution in [3.63, 3.8) is 0 Å². The number of thioether (sulfide) groups is 1. The van der Waals surface area contributed by atoms with Crippen LogP contribution in [0.5, 0.6) is 0 Å². The molecule has 0 saturated carbocycles. The van der Waals surface area contributed by atoms with Crippen LogP contribution in [0.4, 0.5) is 0 Å². The second kappa shape index (κ2) is 6.31. The summed E-state index contributed by atoms with van der Waals surface area (Å²) >= 11 is 1.56. The van der Waals surface area contributed by atoms with Crippen molar-refractivity contribution in [1.82, 2.24) is 10.2 Å². The highest BCUT2D eigenvalue weighted by atomic mass is 32.2. The number of nitrogens with one attached hydrogen (secondary N) is 1. The zero-order valence-electron chi connectivity index (χ0n) is 12.0. The number of hydrogen-bond acceptors (Lipinski definition) is 5. The zero-order chi connectivity index (χ0) is 15.5. The molecule has 116 valence electrons. The largest absolute Gasteiger partial charge is 0.472 e. The first-order valence-corrected chi connectivity index (χ1v) is 7.94. The molecule has 0 aliphatic carbocycles. The van der Waals surface area contributed by atoms with E-state index in [0.29, 0.717) is 18.1 Å². The Morgan fingerprint density at radius 2 is 2.27 bits per heavy atom. The van der Waals surface area contributed by atoms with E-state index in [4.69, 9.17) is 8.83 Å². The van der Waals surface area contributed by atoms with Crippen molar-refractivity contribution in [2.75, 3.05) is 5.75 Å². The molecule has 2 amide bonds. The molecule has 2 atom stereocenters. The van der Waals surface area contributed by atoms with Crippen LogP contribution in [-0.2, 0) is 16.1 Å². The second-order valence-electron chi connectivity index (χ2n) is 4.98. The zero-order valence-corrected chi connectivity index (χ0v) is 12.8. The average molecular weight is 320 g/mol. The van der Waals surface area contributed by atoms with E-state index in [-0.39, 0.29) is 17.2 Å². The molecule has 1 saturated heterocycles. The highest BCUT2D eigenvalue weighted by Gasteiger charge is 2.41. The van der Waals surface area contributed by atoms with E-state index < -0.39 is 6.04 Å². The van der Waals surface area contributed by atoms with Gasteiger partial charge in [0.05, 0.1) is 25.3 Å². The van der Waals surface area contributed by atoms with Gasteiger partial charge in [-0.05, 0) is 18.2 Å². The Hall–Kier alpha value is -2.15. The maximum Gasteiger partial charge on any atom is 0.244 e. The third-order valence-electron chi connectivity index (χ3n) is 3.51. The monoisotopic (exact) mass is 320 g/mol. The molecule has 2 aromatic rings. The van der Waals surface area contributed by atoms with Crippen molar-refractivity contribution in [2.45, 2.75) is 24.9 Å². The molecular weight excluding hydrogens is 304 g/mol. The van der Waals surface area contributed by atoms with Crippen molar-refractivity contribution in [1.29, 1.82) is 0 Å². The second-order valence-corrected chi connectivity index (χ2v) is 6.09. The first-order valence-electron chi connectivity index (χ1n) is 6.89. The molecular formula is C15H16N2O4S. The molecule has 1 aliphatic heterocycles. The van der Waals surface area contributed by atoms with Crippen LogP contribution in [0.1, 0.15) is 23.6 Å². The summed E-state index contributed by atoms with van der Waals surface area (Å²) in [5, 5.41) is 2.63. The van der Waals surface area contributed by atoms with Crippen molar-refractivity contribution in [3.8, 4) is 0 Å². The molecule has 2 aromatic heterocycles. The summed E-state index contributed by atoms with van der Waals surface area (Å²) in [5.74, 6) is 0.929. The van der Waals surface area contributed by atoms with Gasteiger partial charge < -0.3 is 19.1 Å². The summed E-state index contributed by atoms with van der Waals surface area (Å²) in [6.45, 7) is 1.79. The smallest absolute Gasteiger partial charge is 0.244 e. The predicted molar refractivity (Wildman–Crippen MR) is 80.8 cm³/mol. The van der Waals surface area contributed by atoms with E-state index in [0.717, 1.165) is 5.56 Å². The van der Waals surface area contributed by atoms with Crippen molar-refractivity contribution < 1.29 is 18.4 Å². The van der Waals surface area contributed by atoms with Gasteiger partial charge in [0.1, 0.15) is 17.2 Å². The number of amides is 2. The van der Waals surface area contributed by atoms with Crippen molar-refractivity contribution >= 4 is 23.6 Å². The van der Waals surface area contributed by atoms with Crippen LogP contribution in [0, 0.1) is 0 Å². The number of carbonyl (C=O) groups is 2. The van der Waals surface area contributed by atoms with Crippen molar-refractivity contribution in [3.05, 3.63) is 48.3 Å². The molecule has 0 bridgehead atoms. The van der Waals surface area contributed by atoms with Crippen LogP contribution in [0.25, 0.3) is 0 Å². The lowest BCUT2D eigenvalue weighted by atomic mass is 10.2. The van der Waals surface area contributed by atoms with Gasteiger partial charge in [-0.1, -0.05) is 0 Å². The molecule has 1 fully saturated rings. The van der Waals surface area contributed by atoms with Gasteiger partial charge in [0.25, 0.3) is 0 Å². The summed E-state index contributed by atoms with van der Waals surface area (Å²) in [4.78, 5) is 26.0. The Bertz CT molecular complexity index is 639. The van der Waals surface area contributed by atoms with Crippen LogP contribution in [0.3, 0.4) is 0 Å². The lowest BCUT2D eigenvalue weighted by Crippen LogP contribution is -2.47. The standard InChI is InChI=1S/C15H16N2O4S/c1-10(18)17-13(9-22-15(17)11-4-6-20-8-11)14(19)16-7-12-3-2-5-21-12/h2-6,8,13,15H,7,9H2,1H3,(H,16,19). The number of hydrogen-bond donors (Lipinski definition) is 1. The minimum Gasteiger partial charge on any atom is -0.472 e. The number of carbonyl (C=O) groups excluding carboxylic acids is 2. The fourth-order valence-electron chi connectivity index (χ4n) is 2.47. The van der Waals surface area contributed by atoms with E-state index in [9.17, 15) is 9.59 Å². The van der Waals surface area contributed by atoms with E-state index in [1.165, 1.54) is 6.92 Å². The van der Waals surface area contributed by atoms with Gasteiger partial charge in [0, 0.05) is 18.2 Å². The Balaban J connectivity index is 1.69. The van der Waals surface area contributed by atoms with Crippen LogP contribution in [0.15, 0.2) is 45.8 Å². The van der Waals surface area contributed by atoms with Gasteiger partial charge in [0.2, 0.25) is 11.8 Å². The summed E-state index contributed by atoms with van der Waals surface area (Å²) in [6, 6.07) is 4.89. The maximum atomic E-state index is 12.4. The molecule has 0 spiro atoms. The van der Waals surface area contributed by atoms with E-state index in [2.05, 4.69) is 5.32 Å². The Kier molecular flexibility index (Phi) is 4.24. The summed E-state index contributed by atoms with van der Waals surface area (Å²) in [5.41, 5.74) is 0.890. The Morgan fingerprint density at radius 3 is 2.91 bits per heavy atom.